The van der Waals surface area contributed by atoms with Crippen molar-refractivity contribution in [3.8, 4) is 0 Å². The number of hydrogen-bond donors (Lipinski definition) is 2. The summed E-state index contributed by atoms with van der Waals surface area (Å²) in [6.07, 6.45) is 0.559. The monoisotopic (exact) mass is 441 g/mol. The fourth-order valence-corrected chi connectivity index (χ4v) is 3.75. The molecule has 1 aliphatic rings. The molecule has 0 aliphatic carbocycles. The summed E-state index contributed by atoms with van der Waals surface area (Å²) >= 11 is 0. The van der Waals surface area contributed by atoms with Crippen LogP contribution in [0.5, 0.6) is 0 Å². The Balaban J connectivity index is 1.49. The Labute approximate surface area is 191 Å². The molecule has 0 radical (unpaired) electrons. The second-order valence-electron chi connectivity index (χ2n) is 7.92. The minimum atomic E-state index is -0.418. The van der Waals surface area contributed by atoms with Crippen LogP contribution in [-0.4, -0.2) is 35.1 Å². The highest BCUT2D eigenvalue weighted by Gasteiger charge is 2.35. The summed E-state index contributed by atoms with van der Waals surface area (Å²) in [7, 11) is 0. The molecular formula is C26H23N3O4. The molecule has 7 nitrogen and oxygen atoms in total. The van der Waals surface area contributed by atoms with Gasteiger partial charge in [-0.25, -0.2) is 0 Å². The van der Waals surface area contributed by atoms with Gasteiger partial charge in [0.25, 0.3) is 17.7 Å². The number of anilines is 2. The average molecular weight is 441 g/mol. The summed E-state index contributed by atoms with van der Waals surface area (Å²) in [5.41, 5.74) is 3.79. The van der Waals surface area contributed by atoms with Crippen LogP contribution in [0.3, 0.4) is 0 Å². The molecule has 0 fully saturated rings. The highest BCUT2D eigenvalue weighted by molar-refractivity contribution is 6.22. The van der Waals surface area contributed by atoms with Crippen molar-refractivity contribution in [1.82, 2.24) is 4.90 Å². The molecule has 0 bridgehead atoms. The van der Waals surface area contributed by atoms with Crippen molar-refractivity contribution in [3.63, 3.8) is 0 Å². The number of hydrogen-bond acceptors (Lipinski definition) is 4. The fourth-order valence-electron chi connectivity index (χ4n) is 3.75. The quantitative estimate of drug-likeness (QED) is 0.564. The van der Waals surface area contributed by atoms with Crippen LogP contribution in [0.1, 0.15) is 49.1 Å². The normalized spacial score (nSPS) is 12.5. The first-order chi connectivity index (χ1) is 15.8. The van der Waals surface area contributed by atoms with Gasteiger partial charge in [0.1, 0.15) is 0 Å². The van der Waals surface area contributed by atoms with Gasteiger partial charge in [0.15, 0.2) is 0 Å². The number of benzene rings is 3. The molecule has 2 N–H and O–H groups in total. The van der Waals surface area contributed by atoms with Crippen LogP contribution in [0.2, 0.25) is 0 Å². The van der Waals surface area contributed by atoms with E-state index < -0.39 is 11.8 Å². The minimum absolute atomic E-state index is 0.208. The van der Waals surface area contributed by atoms with E-state index in [0.717, 1.165) is 11.1 Å². The second-order valence-corrected chi connectivity index (χ2v) is 7.92. The maximum absolute atomic E-state index is 12.9. The van der Waals surface area contributed by atoms with E-state index in [1.165, 1.54) is 30.0 Å². The maximum atomic E-state index is 12.9. The average Bonchev–Trinajstić information content (AvgIpc) is 3.04. The Kier molecular flexibility index (Phi) is 6.04. The van der Waals surface area contributed by atoms with Gasteiger partial charge in [0, 0.05) is 30.4 Å². The Morgan fingerprint density at radius 2 is 1.58 bits per heavy atom. The lowest BCUT2D eigenvalue weighted by atomic mass is 10.1. The van der Waals surface area contributed by atoms with Crippen molar-refractivity contribution >= 4 is 35.0 Å². The third-order valence-electron chi connectivity index (χ3n) is 5.51. The van der Waals surface area contributed by atoms with Crippen molar-refractivity contribution in [2.75, 3.05) is 17.2 Å². The van der Waals surface area contributed by atoms with Crippen molar-refractivity contribution < 1.29 is 19.2 Å². The van der Waals surface area contributed by atoms with E-state index in [9.17, 15) is 19.2 Å². The van der Waals surface area contributed by atoms with Crippen molar-refractivity contribution in [1.29, 1.82) is 0 Å². The lowest BCUT2D eigenvalue weighted by molar-refractivity contribution is -0.114. The zero-order chi connectivity index (χ0) is 23.5. The molecule has 33 heavy (non-hydrogen) atoms. The highest BCUT2D eigenvalue weighted by Crippen LogP contribution is 2.26. The summed E-state index contributed by atoms with van der Waals surface area (Å²) in [6.45, 7) is 3.54. The largest absolute Gasteiger partial charge is 0.326 e. The van der Waals surface area contributed by atoms with Crippen LogP contribution in [-0.2, 0) is 11.2 Å². The summed E-state index contributed by atoms with van der Waals surface area (Å²) in [4.78, 5) is 51.0. The molecule has 0 atom stereocenters. The molecule has 1 heterocycles. The molecule has 0 spiro atoms. The molecule has 1 aliphatic heterocycles. The van der Waals surface area contributed by atoms with Crippen molar-refractivity contribution in [2.45, 2.75) is 20.3 Å². The number of aryl methyl sites for hydroxylation is 1. The molecule has 3 aromatic carbocycles. The van der Waals surface area contributed by atoms with E-state index in [1.54, 1.807) is 18.2 Å². The van der Waals surface area contributed by atoms with Gasteiger partial charge in [-0.3, -0.25) is 24.1 Å². The van der Waals surface area contributed by atoms with Gasteiger partial charge in [0.2, 0.25) is 5.91 Å². The van der Waals surface area contributed by atoms with Gasteiger partial charge in [-0.1, -0.05) is 36.4 Å². The molecule has 0 saturated carbocycles. The second kappa shape index (κ2) is 9.08. The highest BCUT2D eigenvalue weighted by atomic mass is 16.2. The van der Waals surface area contributed by atoms with Gasteiger partial charge in [-0.2, -0.15) is 0 Å². The standard InChI is InChI=1S/C26H23N3O4/c1-16-8-10-20(15-23(16)27-17(2)30)28-24(31)19-9-11-21-22(14-19)26(33)29(25(21)32)13-12-18-6-4-3-5-7-18/h3-11,14-15H,12-13H2,1-2H3,(H,27,30)(H,28,31). The predicted octanol–water partition coefficient (Wildman–Crippen LogP) is 4.04. The Morgan fingerprint density at radius 1 is 0.848 bits per heavy atom. The third kappa shape index (κ3) is 4.67. The zero-order valence-corrected chi connectivity index (χ0v) is 18.3. The van der Waals surface area contributed by atoms with Crippen LogP contribution in [0.25, 0.3) is 0 Å². The summed E-state index contributed by atoms with van der Waals surface area (Å²) in [5.74, 6) is -1.38. The zero-order valence-electron chi connectivity index (χ0n) is 18.3. The number of carbonyl (C=O) groups is 4. The number of nitrogens with zero attached hydrogens (tertiary/aromatic N) is 1. The van der Waals surface area contributed by atoms with Crippen LogP contribution >= 0.6 is 0 Å². The summed E-state index contributed by atoms with van der Waals surface area (Å²) < 4.78 is 0. The molecule has 0 unspecified atom stereocenters. The van der Waals surface area contributed by atoms with Gasteiger partial charge in [0.05, 0.1) is 11.1 Å². The molecule has 0 aromatic heterocycles. The first-order valence-electron chi connectivity index (χ1n) is 10.6. The smallest absolute Gasteiger partial charge is 0.261 e. The number of rotatable bonds is 6. The van der Waals surface area contributed by atoms with Gasteiger partial charge < -0.3 is 10.6 Å². The van der Waals surface area contributed by atoms with Gasteiger partial charge >= 0.3 is 0 Å². The Hall–Kier alpha value is -4.26. The van der Waals surface area contributed by atoms with Gasteiger partial charge in [-0.15, -0.1) is 0 Å². The molecule has 166 valence electrons. The van der Waals surface area contributed by atoms with Crippen molar-refractivity contribution in [3.05, 3.63) is 94.5 Å². The first kappa shape index (κ1) is 22.0. The first-order valence-corrected chi connectivity index (χ1v) is 10.6. The number of imide groups is 1. The molecular weight excluding hydrogens is 418 g/mol. The summed E-state index contributed by atoms with van der Waals surface area (Å²) in [5, 5.41) is 5.50. The minimum Gasteiger partial charge on any atom is -0.326 e. The van der Waals surface area contributed by atoms with E-state index >= 15 is 0 Å². The van der Waals surface area contributed by atoms with Gasteiger partial charge in [-0.05, 0) is 54.8 Å². The number of fused-ring (bicyclic) bond motifs is 1. The molecule has 0 saturated heterocycles. The fraction of sp³-hybridized carbons (Fsp3) is 0.154. The van der Waals surface area contributed by atoms with E-state index in [1.807, 2.05) is 37.3 Å². The van der Waals surface area contributed by atoms with E-state index in [2.05, 4.69) is 10.6 Å². The molecule has 7 heteroatoms. The Morgan fingerprint density at radius 3 is 2.30 bits per heavy atom. The molecule has 4 amide bonds. The van der Waals surface area contributed by atoms with Crippen LogP contribution in [0, 0.1) is 6.92 Å². The number of carbonyl (C=O) groups excluding carboxylic acids is 4. The SMILES string of the molecule is CC(=O)Nc1cc(NC(=O)c2ccc3c(c2)C(=O)N(CCc2ccccc2)C3=O)ccc1C. The predicted molar refractivity (Wildman–Crippen MR) is 125 cm³/mol. The third-order valence-corrected chi connectivity index (χ3v) is 5.51. The number of amides is 4. The number of nitrogens with one attached hydrogen (secondary N) is 2. The van der Waals surface area contributed by atoms with Crippen LogP contribution in [0.15, 0.2) is 66.7 Å². The van der Waals surface area contributed by atoms with Crippen LogP contribution < -0.4 is 10.6 Å². The lowest BCUT2D eigenvalue weighted by Gasteiger charge is -2.13. The lowest BCUT2D eigenvalue weighted by Crippen LogP contribution is -2.31. The van der Waals surface area contributed by atoms with E-state index in [0.29, 0.717) is 23.4 Å². The summed E-state index contributed by atoms with van der Waals surface area (Å²) in [6, 6.07) is 19.3. The van der Waals surface area contributed by atoms with E-state index in [4.69, 9.17) is 0 Å². The molecule has 4 rings (SSSR count). The maximum Gasteiger partial charge on any atom is 0.261 e. The van der Waals surface area contributed by atoms with Crippen molar-refractivity contribution in [2.24, 2.45) is 0 Å². The molecule has 3 aromatic rings. The Bertz CT molecular complexity index is 1270. The topological polar surface area (TPSA) is 95.6 Å². The van der Waals surface area contributed by atoms with Crippen LogP contribution in [0.4, 0.5) is 11.4 Å². The van der Waals surface area contributed by atoms with E-state index in [-0.39, 0.29) is 29.5 Å².